The van der Waals surface area contributed by atoms with Gasteiger partial charge in [-0.2, -0.15) is 0 Å². The van der Waals surface area contributed by atoms with Crippen LogP contribution in [0.1, 0.15) is 23.5 Å². The van der Waals surface area contributed by atoms with Gasteiger partial charge in [0.15, 0.2) is 5.11 Å². The van der Waals surface area contributed by atoms with Crippen molar-refractivity contribution < 1.29 is 18.8 Å². The first-order valence-electron chi connectivity index (χ1n) is 11.1. The molecule has 1 aliphatic heterocycles. The molecule has 2 aromatic heterocycles. The summed E-state index contributed by atoms with van der Waals surface area (Å²) < 4.78 is 17.4. The molecule has 2 aromatic carbocycles. The molecule has 36 heavy (non-hydrogen) atoms. The number of non-ortho nitro benzene ring substituents is 1. The van der Waals surface area contributed by atoms with Gasteiger partial charge in [0.05, 0.1) is 36.6 Å². The van der Waals surface area contributed by atoms with Crippen molar-refractivity contribution in [3.8, 4) is 22.8 Å². The minimum Gasteiger partial charge on any atom is -0.497 e. The van der Waals surface area contributed by atoms with E-state index in [0.29, 0.717) is 39.4 Å². The second-order valence-electron chi connectivity index (χ2n) is 8.04. The summed E-state index contributed by atoms with van der Waals surface area (Å²) in [5.41, 5.74) is 2.07. The number of nitrogens with one attached hydrogen (secondary N) is 1. The smallest absolute Gasteiger partial charge is 0.270 e. The number of furan rings is 1. The fourth-order valence-electron chi connectivity index (χ4n) is 4.33. The van der Waals surface area contributed by atoms with E-state index in [1.807, 2.05) is 47.4 Å². The number of aromatic nitrogens is 1. The van der Waals surface area contributed by atoms with Gasteiger partial charge in [-0.05, 0) is 48.6 Å². The molecule has 3 heterocycles. The van der Waals surface area contributed by atoms with Gasteiger partial charge in [-0.25, -0.2) is 0 Å². The Morgan fingerprint density at radius 1 is 1.06 bits per heavy atom. The topological polar surface area (TPSA) is 103 Å². The van der Waals surface area contributed by atoms with Crippen LogP contribution in [0.2, 0.25) is 0 Å². The molecule has 0 aliphatic carbocycles. The molecule has 0 saturated carbocycles. The Morgan fingerprint density at radius 2 is 1.92 bits per heavy atom. The molecule has 0 amide bonds. The highest BCUT2D eigenvalue weighted by atomic mass is 32.1. The maximum absolute atomic E-state index is 11.3. The Hall–Kier alpha value is -4.44. The number of nitrogens with zero attached hydrogens (tertiary/aromatic N) is 3. The van der Waals surface area contributed by atoms with E-state index in [2.05, 4.69) is 10.3 Å². The highest BCUT2D eigenvalue weighted by Gasteiger charge is 2.43. The van der Waals surface area contributed by atoms with Gasteiger partial charge in [0.2, 0.25) is 0 Å². The lowest BCUT2D eigenvalue weighted by Crippen LogP contribution is -2.29. The number of hydrogen-bond acceptors (Lipinski definition) is 7. The summed E-state index contributed by atoms with van der Waals surface area (Å²) in [6, 6.07) is 20.4. The average molecular weight is 503 g/mol. The molecule has 4 aromatic rings. The lowest BCUT2D eigenvalue weighted by Gasteiger charge is -2.27. The first-order valence-corrected chi connectivity index (χ1v) is 11.5. The molecule has 0 bridgehead atoms. The van der Waals surface area contributed by atoms with Crippen LogP contribution < -0.4 is 19.7 Å². The zero-order chi connectivity index (χ0) is 25.2. The number of thiocarbonyl (C=S) groups is 1. The van der Waals surface area contributed by atoms with E-state index >= 15 is 0 Å². The molecule has 1 aliphatic rings. The van der Waals surface area contributed by atoms with Gasteiger partial charge in [0.1, 0.15) is 29.1 Å². The highest BCUT2D eigenvalue weighted by Crippen LogP contribution is 2.46. The van der Waals surface area contributed by atoms with E-state index in [-0.39, 0.29) is 11.7 Å². The van der Waals surface area contributed by atoms with Gasteiger partial charge in [-0.3, -0.25) is 15.1 Å². The van der Waals surface area contributed by atoms with Gasteiger partial charge in [-0.15, -0.1) is 0 Å². The third kappa shape index (κ3) is 4.22. The molecule has 0 unspecified atom stereocenters. The van der Waals surface area contributed by atoms with Crippen LogP contribution in [0.15, 0.2) is 83.4 Å². The molecule has 0 radical (unpaired) electrons. The minimum absolute atomic E-state index is 0.0109. The van der Waals surface area contributed by atoms with Crippen molar-refractivity contribution in [2.24, 2.45) is 0 Å². The van der Waals surface area contributed by atoms with E-state index < -0.39 is 11.0 Å². The highest BCUT2D eigenvalue weighted by molar-refractivity contribution is 7.80. The van der Waals surface area contributed by atoms with Crippen LogP contribution in [0.3, 0.4) is 0 Å². The number of anilines is 1. The summed E-state index contributed by atoms with van der Waals surface area (Å²) in [7, 11) is 3.19. The molecule has 2 atom stereocenters. The van der Waals surface area contributed by atoms with Crippen LogP contribution in [-0.2, 0) is 0 Å². The first-order chi connectivity index (χ1) is 17.5. The molecular weight excluding hydrogens is 480 g/mol. The number of nitro benzene ring substituents is 1. The normalized spacial score (nSPS) is 17.1. The molecule has 5 rings (SSSR count). The summed E-state index contributed by atoms with van der Waals surface area (Å²) in [5.74, 6) is 2.36. The van der Waals surface area contributed by atoms with Crippen molar-refractivity contribution in [2.75, 3.05) is 19.1 Å². The lowest BCUT2D eigenvalue weighted by atomic mass is 10.0. The first kappa shape index (κ1) is 23.3. The zero-order valence-electron chi connectivity index (χ0n) is 19.5. The van der Waals surface area contributed by atoms with Crippen LogP contribution in [0.5, 0.6) is 11.5 Å². The number of pyridine rings is 1. The lowest BCUT2D eigenvalue weighted by molar-refractivity contribution is -0.384. The molecular formula is C26H22N4O5S. The van der Waals surface area contributed by atoms with Gasteiger partial charge >= 0.3 is 0 Å². The summed E-state index contributed by atoms with van der Waals surface area (Å²) in [5, 5.41) is 15.1. The van der Waals surface area contributed by atoms with E-state index in [0.717, 1.165) is 5.69 Å². The fourth-order valence-corrected chi connectivity index (χ4v) is 4.67. The maximum Gasteiger partial charge on any atom is 0.270 e. The van der Waals surface area contributed by atoms with E-state index in [1.165, 1.54) is 12.1 Å². The quantitative estimate of drug-likeness (QED) is 0.201. The van der Waals surface area contributed by atoms with Gasteiger partial charge in [0.25, 0.3) is 5.69 Å². The Labute approximate surface area is 212 Å². The second-order valence-corrected chi connectivity index (χ2v) is 8.43. The number of methoxy groups -OCH3 is 2. The Bertz CT molecular complexity index is 1420. The predicted molar refractivity (Wildman–Crippen MR) is 138 cm³/mol. The number of hydrogen-bond donors (Lipinski definition) is 1. The molecule has 182 valence electrons. The van der Waals surface area contributed by atoms with E-state index in [4.69, 9.17) is 26.1 Å². The summed E-state index contributed by atoms with van der Waals surface area (Å²) in [6.45, 7) is 0. The maximum atomic E-state index is 11.3. The van der Waals surface area contributed by atoms with Crippen LogP contribution in [0.25, 0.3) is 11.3 Å². The number of benzene rings is 2. The van der Waals surface area contributed by atoms with Crippen LogP contribution in [0, 0.1) is 10.1 Å². The van der Waals surface area contributed by atoms with Crippen LogP contribution >= 0.6 is 12.2 Å². The van der Waals surface area contributed by atoms with E-state index in [1.54, 1.807) is 38.6 Å². The SMILES string of the molecule is COc1ccc(OC)c(N2C(=S)N[C@H](c3ccccn3)[C@@H]2c2ccc(-c3cccc([N+](=O)[O-])c3)o2)c1. The third-order valence-corrected chi connectivity index (χ3v) is 6.32. The molecule has 1 N–H and O–H groups in total. The monoisotopic (exact) mass is 502 g/mol. The van der Waals surface area contributed by atoms with Crippen molar-refractivity contribution in [1.82, 2.24) is 10.3 Å². The fraction of sp³-hybridized carbons (Fsp3) is 0.154. The Kier molecular flexibility index (Phi) is 6.26. The largest absolute Gasteiger partial charge is 0.497 e. The Balaban J connectivity index is 1.63. The molecule has 0 spiro atoms. The molecule has 1 fully saturated rings. The standard InChI is InChI=1S/C26H22N4O5S/c1-33-18-9-10-22(34-2)20(15-18)29-25(24(28-26(29)36)19-8-3-4-13-27-19)23-12-11-21(35-23)16-6-5-7-17(14-16)30(31)32/h3-15,24-25H,1-2H3,(H,28,36)/t24-,25+/m1/s1. The number of rotatable bonds is 7. The minimum atomic E-state index is -0.430. The molecule has 9 nitrogen and oxygen atoms in total. The Morgan fingerprint density at radius 3 is 2.64 bits per heavy atom. The zero-order valence-corrected chi connectivity index (χ0v) is 20.3. The summed E-state index contributed by atoms with van der Waals surface area (Å²) in [4.78, 5) is 17.3. The van der Waals surface area contributed by atoms with Crippen LogP contribution in [-0.4, -0.2) is 29.2 Å². The predicted octanol–water partition coefficient (Wildman–Crippen LogP) is 5.44. The van der Waals surface area contributed by atoms with Gasteiger partial charge < -0.3 is 24.1 Å². The average Bonchev–Trinajstić information content (AvgIpc) is 3.53. The van der Waals surface area contributed by atoms with Crippen molar-refractivity contribution in [2.45, 2.75) is 12.1 Å². The summed E-state index contributed by atoms with van der Waals surface area (Å²) in [6.07, 6.45) is 1.72. The van der Waals surface area contributed by atoms with Gasteiger partial charge in [-0.1, -0.05) is 18.2 Å². The third-order valence-electron chi connectivity index (χ3n) is 6.00. The summed E-state index contributed by atoms with van der Waals surface area (Å²) >= 11 is 5.78. The van der Waals surface area contributed by atoms with E-state index in [9.17, 15) is 10.1 Å². The number of ether oxygens (including phenoxy) is 2. The van der Waals surface area contributed by atoms with Crippen molar-refractivity contribution in [3.05, 3.63) is 101 Å². The van der Waals surface area contributed by atoms with Crippen molar-refractivity contribution >= 4 is 28.7 Å². The van der Waals surface area contributed by atoms with Crippen LogP contribution in [0.4, 0.5) is 11.4 Å². The van der Waals surface area contributed by atoms with Gasteiger partial charge in [0, 0.05) is 30.0 Å². The second kappa shape index (κ2) is 9.67. The van der Waals surface area contributed by atoms with Crippen molar-refractivity contribution in [3.63, 3.8) is 0 Å². The molecule has 1 saturated heterocycles. The number of nitro groups is 1. The molecule has 10 heteroatoms. The van der Waals surface area contributed by atoms with Crippen molar-refractivity contribution in [1.29, 1.82) is 0 Å².